The van der Waals surface area contributed by atoms with Gasteiger partial charge in [0.1, 0.15) is 31.0 Å². The van der Waals surface area contributed by atoms with E-state index in [0.717, 1.165) is 37.9 Å². The van der Waals surface area contributed by atoms with Crippen molar-refractivity contribution in [1.82, 2.24) is 14.6 Å². The van der Waals surface area contributed by atoms with Crippen molar-refractivity contribution in [2.24, 2.45) is 0 Å². The van der Waals surface area contributed by atoms with Gasteiger partial charge in [-0.2, -0.15) is 9.57 Å². The summed E-state index contributed by atoms with van der Waals surface area (Å²) in [6.45, 7) is 3.41. The van der Waals surface area contributed by atoms with Crippen LogP contribution in [0.25, 0.3) is 11.1 Å². The smallest absolute Gasteiger partial charge is 0.328 e. The molecule has 67 heavy (non-hydrogen) atoms. The number of hydrogen-bond acceptors (Lipinski definition) is 12. The van der Waals surface area contributed by atoms with Gasteiger partial charge in [0.05, 0.1) is 34.5 Å². The van der Waals surface area contributed by atoms with E-state index in [1.54, 1.807) is 43.3 Å². The van der Waals surface area contributed by atoms with Gasteiger partial charge in [-0.3, -0.25) is 9.59 Å². The quantitative estimate of drug-likeness (QED) is 0.0995. The molecule has 2 aliphatic rings. The van der Waals surface area contributed by atoms with Gasteiger partial charge in [-0.05, 0) is 101 Å². The first-order valence-electron chi connectivity index (χ1n) is 21.1. The van der Waals surface area contributed by atoms with Crippen molar-refractivity contribution in [2.75, 3.05) is 19.0 Å². The van der Waals surface area contributed by atoms with Crippen LogP contribution in [0.3, 0.4) is 0 Å². The SMILES string of the molecule is CCC(=O)Nc1nc(C)c(S(=O)(=O)N2Cc3cc4c(cc3CC2C(=O)N[C@@H](Cc2ccc(-c3ccc(C#N)cc3)cc2)C(=O)OC)OC[C@H](c2ccc(OCc3ccc(Cl)c(Cl)c3)cc2)O4)s1. The fourth-order valence-corrected chi connectivity index (χ4v) is 11.2. The Bertz CT molecular complexity index is 3000. The zero-order chi connectivity index (χ0) is 47.4. The van der Waals surface area contributed by atoms with Crippen molar-refractivity contribution in [3.05, 3.63) is 152 Å². The summed E-state index contributed by atoms with van der Waals surface area (Å²) >= 11 is 13.0. The Morgan fingerprint density at radius 2 is 1.61 bits per heavy atom. The van der Waals surface area contributed by atoms with E-state index in [0.29, 0.717) is 49.5 Å². The molecule has 0 saturated carbocycles. The highest BCUT2D eigenvalue weighted by atomic mass is 35.5. The number of nitriles is 1. The fraction of sp³-hybridized carbons (Fsp3) is 0.245. The number of esters is 1. The first-order valence-corrected chi connectivity index (χ1v) is 24.1. The lowest BCUT2D eigenvalue weighted by Crippen LogP contribution is -2.56. The standard InChI is InChI=1S/C49H43Cl2N5O9S2/c1-4-45(57)55-49-53-28(2)48(66-49)67(60,61)56-25-36-23-43-42(64-27-44(65-43)34-14-16-37(17-15-34)63-26-31-9-18-38(50)39(51)19-31)22-35(36)21-41(56)46(58)54-40(47(59)62-3)20-29-5-10-32(11-6-29)33-12-7-30(24-52)8-13-33/h5-19,22-23,40-41,44H,4,20-21,25-27H2,1-3H3,(H,54,58)(H,53,55,57)/t40-,41?,44+/m0/s1. The molecule has 2 aliphatic heterocycles. The number of thiazole rings is 1. The Hall–Kier alpha value is -6.48. The molecule has 344 valence electrons. The number of nitrogens with zero attached hydrogens (tertiary/aromatic N) is 3. The third-order valence-electron chi connectivity index (χ3n) is 11.4. The molecular formula is C49H43Cl2N5O9S2. The van der Waals surface area contributed by atoms with Crippen LogP contribution in [0.4, 0.5) is 5.13 Å². The number of sulfonamides is 1. The Morgan fingerprint density at radius 1 is 0.925 bits per heavy atom. The third kappa shape index (κ3) is 10.6. The van der Waals surface area contributed by atoms with Crippen LogP contribution in [0.5, 0.6) is 17.2 Å². The Morgan fingerprint density at radius 3 is 2.28 bits per heavy atom. The summed E-state index contributed by atoms with van der Waals surface area (Å²) in [7, 11) is -3.25. The van der Waals surface area contributed by atoms with E-state index in [1.807, 2.05) is 66.7 Å². The second kappa shape index (κ2) is 20.2. The molecule has 1 aromatic heterocycles. The van der Waals surface area contributed by atoms with Crippen LogP contribution < -0.4 is 24.8 Å². The third-order valence-corrected chi connectivity index (χ3v) is 15.6. The zero-order valence-electron chi connectivity index (χ0n) is 36.4. The maximum absolute atomic E-state index is 14.8. The number of hydrogen-bond donors (Lipinski definition) is 2. The Balaban J connectivity index is 1.04. The van der Waals surface area contributed by atoms with Crippen molar-refractivity contribution in [3.63, 3.8) is 0 Å². The minimum Gasteiger partial charge on any atom is -0.489 e. The van der Waals surface area contributed by atoms with Gasteiger partial charge in [0.2, 0.25) is 11.8 Å². The average Bonchev–Trinajstić information content (AvgIpc) is 3.72. The topological polar surface area (TPSA) is 186 Å². The first kappa shape index (κ1) is 47.0. The van der Waals surface area contributed by atoms with Crippen molar-refractivity contribution in [2.45, 2.75) is 68.7 Å². The lowest BCUT2D eigenvalue weighted by Gasteiger charge is -2.36. The Kier molecular flexibility index (Phi) is 14.2. The lowest BCUT2D eigenvalue weighted by molar-refractivity contribution is -0.145. The van der Waals surface area contributed by atoms with Crippen molar-refractivity contribution < 1.29 is 41.7 Å². The minimum absolute atomic E-state index is 0.0465. The highest BCUT2D eigenvalue weighted by Crippen LogP contribution is 2.43. The summed E-state index contributed by atoms with van der Waals surface area (Å²) in [6, 6.07) is 30.3. The number of fused-ring (bicyclic) bond motifs is 2. The highest BCUT2D eigenvalue weighted by molar-refractivity contribution is 7.91. The predicted octanol–water partition coefficient (Wildman–Crippen LogP) is 8.75. The van der Waals surface area contributed by atoms with Crippen LogP contribution in [-0.4, -0.2) is 61.3 Å². The summed E-state index contributed by atoms with van der Waals surface area (Å²) in [5.41, 5.74) is 6.08. The van der Waals surface area contributed by atoms with Crippen LogP contribution in [0.1, 0.15) is 58.5 Å². The van der Waals surface area contributed by atoms with Gasteiger partial charge in [0.15, 0.2) is 26.9 Å². The maximum atomic E-state index is 14.8. The maximum Gasteiger partial charge on any atom is 0.328 e. The van der Waals surface area contributed by atoms with E-state index in [-0.39, 0.29) is 60.0 Å². The van der Waals surface area contributed by atoms with Crippen molar-refractivity contribution >= 4 is 67.5 Å². The lowest BCUT2D eigenvalue weighted by atomic mass is 9.93. The summed E-state index contributed by atoms with van der Waals surface area (Å²) in [6.07, 6.45) is -0.373. The fourth-order valence-electron chi connectivity index (χ4n) is 7.74. The van der Waals surface area contributed by atoms with Gasteiger partial charge in [-0.15, -0.1) is 0 Å². The molecule has 6 aromatic rings. The zero-order valence-corrected chi connectivity index (χ0v) is 39.5. The van der Waals surface area contributed by atoms with Gasteiger partial charge >= 0.3 is 5.97 Å². The molecular weight excluding hydrogens is 938 g/mol. The predicted molar refractivity (Wildman–Crippen MR) is 253 cm³/mol. The number of rotatable bonds is 14. The van der Waals surface area contributed by atoms with Gasteiger partial charge < -0.3 is 29.6 Å². The number of anilines is 1. The van der Waals surface area contributed by atoms with Crippen LogP contribution in [0.2, 0.25) is 10.0 Å². The number of carbonyl (C=O) groups excluding carboxylic acids is 3. The van der Waals surface area contributed by atoms with E-state index in [1.165, 1.54) is 14.0 Å². The molecule has 8 rings (SSSR count). The average molecular weight is 981 g/mol. The number of amides is 2. The number of aromatic nitrogens is 1. The molecule has 0 fully saturated rings. The molecule has 0 radical (unpaired) electrons. The molecule has 0 saturated heterocycles. The number of aryl methyl sites for hydroxylation is 1. The minimum atomic E-state index is -4.47. The number of nitrogens with one attached hydrogen (secondary N) is 2. The van der Waals surface area contributed by atoms with E-state index in [2.05, 4.69) is 21.7 Å². The molecule has 0 spiro atoms. The van der Waals surface area contributed by atoms with Crippen LogP contribution in [-0.2, 0) is 55.1 Å². The van der Waals surface area contributed by atoms with Gasteiger partial charge in [0, 0.05) is 19.4 Å². The van der Waals surface area contributed by atoms with E-state index >= 15 is 0 Å². The normalized spacial score (nSPS) is 15.9. The molecule has 0 bridgehead atoms. The molecule has 3 atom stereocenters. The number of carbonyl (C=O) groups is 3. The second-order valence-corrected chi connectivity index (χ2v) is 19.7. The monoisotopic (exact) mass is 979 g/mol. The van der Waals surface area contributed by atoms with E-state index < -0.39 is 40.1 Å². The summed E-state index contributed by atoms with van der Waals surface area (Å²) in [4.78, 5) is 44.4. The summed E-state index contributed by atoms with van der Waals surface area (Å²) < 4.78 is 54.3. The summed E-state index contributed by atoms with van der Waals surface area (Å²) in [5, 5.41) is 15.6. The number of halogens is 2. The highest BCUT2D eigenvalue weighted by Gasteiger charge is 2.43. The second-order valence-electron chi connectivity index (χ2n) is 15.8. The molecule has 18 heteroatoms. The molecule has 1 unspecified atom stereocenters. The largest absolute Gasteiger partial charge is 0.489 e. The van der Waals surface area contributed by atoms with Gasteiger partial charge in [0.25, 0.3) is 10.0 Å². The molecule has 2 N–H and O–H groups in total. The molecule has 0 aliphatic carbocycles. The van der Waals surface area contributed by atoms with Gasteiger partial charge in [-0.1, -0.05) is 96.1 Å². The van der Waals surface area contributed by atoms with Gasteiger partial charge in [-0.25, -0.2) is 18.2 Å². The van der Waals surface area contributed by atoms with Crippen LogP contribution in [0, 0.1) is 18.3 Å². The van der Waals surface area contributed by atoms with E-state index in [9.17, 15) is 28.1 Å². The summed E-state index contributed by atoms with van der Waals surface area (Å²) in [5.74, 6) is -0.328. The van der Waals surface area contributed by atoms with Crippen LogP contribution >= 0.6 is 34.5 Å². The number of benzene rings is 5. The molecule has 5 aromatic carbocycles. The first-order chi connectivity index (χ1) is 32.2. The van der Waals surface area contributed by atoms with Crippen molar-refractivity contribution in [1.29, 1.82) is 5.26 Å². The molecule has 2 amide bonds. The number of ether oxygens (including phenoxy) is 4. The number of methoxy groups -OCH3 is 1. The molecule has 3 heterocycles. The molecule has 14 nitrogen and oxygen atoms in total. The van der Waals surface area contributed by atoms with Crippen molar-refractivity contribution in [3.8, 4) is 34.4 Å². The Labute approximate surface area is 401 Å². The van der Waals surface area contributed by atoms with E-state index in [4.69, 9.17) is 42.1 Å². The van der Waals surface area contributed by atoms with Crippen LogP contribution in [0.15, 0.2) is 107 Å².